The van der Waals surface area contributed by atoms with E-state index in [4.69, 9.17) is 11.6 Å². The number of fused-ring (bicyclic) bond motifs is 3. The molecule has 3 aliphatic rings. The van der Waals surface area contributed by atoms with Crippen molar-refractivity contribution in [3.8, 4) is 0 Å². The summed E-state index contributed by atoms with van der Waals surface area (Å²) in [5, 5.41) is 0.592. The molecule has 4 atom stereocenters. The molecule has 5 rings (SSSR count). The average molecular weight is 460 g/mol. The summed E-state index contributed by atoms with van der Waals surface area (Å²) in [5.41, 5.74) is 1.73. The molecular weight excluding hydrogens is 440 g/mol. The van der Waals surface area contributed by atoms with Gasteiger partial charge in [0.25, 0.3) is 0 Å². The Morgan fingerprint density at radius 2 is 1.57 bits per heavy atom. The zero-order chi connectivity index (χ0) is 19.4. The summed E-state index contributed by atoms with van der Waals surface area (Å²) in [6, 6.07) is 15.2. The van der Waals surface area contributed by atoms with Gasteiger partial charge in [0.1, 0.15) is 0 Å². The van der Waals surface area contributed by atoms with Gasteiger partial charge in [-0.15, -0.1) is 0 Å². The zero-order valence-corrected chi connectivity index (χ0v) is 17.6. The van der Waals surface area contributed by atoms with Crippen LogP contribution in [0, 0.1) is 11.8 Å². The van der Waals surface area contributed by atoms with Gasteiger partial charge in [0.2, 0.25) is 11.8 Å². The number of rotatable bonds is 2. The zero-order valence-electron chi connectivity index (χ0n) is 15.2. The lowest BCUT2D eigenvalue weighted by atomic mass is 9.85. The van der Waals surface area contributed by atoms with Crippen molar-refractivity contribution in [2.45, 2.75) is 31.3 Å². The van der Waals surface area contributed by atoms with Crippen LogP contribution in [0.4, 0.5) is 5.69 Å². The van der Waals surface area contributed by atoms with Gasteiger partial charge in [0, 0.05) is 21.6 Å². The molecule has 2 amide bonds. The lowest BCUT2D eigenvalue weighted by Crippen LogP contribution is -2.44. The van der Waals surface area contributed by atoms with Gasteiger partial charge >= 0.3 is 0 Å². The highest BCUT2D eigenvalue weighted by Gasteiger charge is 2.62. The van der Waals surface area contributed by atoms with Crippen LogP contribution >= 0.6 is 27.5 Å². The van der Waals surface area contributed by atoms with E-state index in [1.165, 1.54) is 4.90 Å². The third-order valence-electron chi connectivity index (χ3n) is 6.40. The molecule has 0 unspecified atom stereocenters. The lowest BCUT2D eigenvalue weighted by Gasteiger charge is -2.36. The molecule has 0 aliphatic carbocycles. The van der Waals surface area contributed by atoms with Gasteiger partial charge in [-0.2, -0.15) is 0 Å². The standard InChI is InChI=1S/C22H20BrClN2O2/c23-14-6-4-13(5-7-14)20-19-18(17-3-1-2-12-25(17)20)21(27)26(22(19)28)16-10-8-15(24)9-11-16/h4-11,17-20H,1-3,12H2/t17-,18-,19-,20-/m0/s1. The third-order valence-corrected chi connectivity index (χ3v) is 7.18. The van der Waals surface area contributed by atoms with Gasteiger partial charge in [-0.3, -0.25) is 14.5 Å². The van der Waals surface area contributed by atoms with Gasteiger partial charge in [-0.1, -0.05) is 46.1 Å². The van der Waals surface area contributed by atoms with Crippen molar-refractivity contribution >= 4 is 45.0 Å². The maximum Gasteiger partial charge on any atom is 0.239 e. The minimum atomic E-state index is -0.326. The van der Waals surface area contributed by atoms with Crippen LogP contribution < -0.4 is 4.90 Å². The molecule has 2 aromatic rings. The van der Waals surface area contributed by atoms with E-state index in [-0.39, 0.29) is 35.7 Å². The molecular formula is C22H20BrClN2O2. The highest BCUT2D eigenvalue weighted by molar-refractivity contribution is 9.10. The monoisotopic (exact) mass is 458 g/mol. The van der Waals surface area contributed by atoms with Gasteiger partial charge in [0.15, 0.2) is 0 Å². The second-order valence-corrected chi connectivity index (χ2v) is 9.19. The van der Waals surface area contributed by atoms with Gasteiger partial charge in [0.05, 0.1) is 17.5 Å². The molecule has 0 aromatic heterocycles. The predicted molar refractivity (Wildman–Crippen MR) is 112 cm³/mol. The van der Waals surface area contributed by atoms with Crippen LogP contribution in [0.5, 0.6) is 0 Å². The molecule has 3 fully saturated rings. The summed E-state index contributed by atoms with van der Waals surface area (Å²) in [5.74, 6) is -0.738. The maximum atomic E-state index is 13.5. The Morgan fingerprint density at radius 1 is 0.893 bits per heavy atom. The first-order chi connectivity index (χ1) is 13.6. The molecule has 3 heterocycles. The van der Waals surface area contributed by atoms with Gasteiger partial charge in [-0.05, 0) is 61.3 Å². The van der Waals surface area contributed by atoms with Crippen molar-refractivity contribution in [3.05, 3.63) is 63.6 Å². The van der Waals surface area contributed by atoms with Crippen LogP contribution in [-0.4, -0.2) is 29.3 Å². The van der Waals surface area contributed by atoms with Crippen LogP contribution in [0.3, 0.4) is 0 Å². The molecule has 0 radical (unpaired) electrons. The van der Waals surface area contributed by atoms with E-state index >= 15 is 0 Å². The minimum Gasteiger partial charge on any atom is -0.292 e. The third kappa shape index (κ3) is 2.75. The molecule has 28 heavy (non-hydrogen) atoms. The molecule has 6 heteroatoms. The molecule has 144 valence electrons. The molecule has 0 bridgehead atoms. The highest BCUT2D eigenvalue weighted by atomic mass is 79.9. The minimum absolute atomic E-state index is 0.0443. The molecule has 3 saturated heterocycles. The van der Waals surface area contributed by atoms with Crippen LogP contribution in [0.1, 0.15) is 30.9 Å². The van der Waals surface area contributed by atoms with Crippen LogP contribution in [0.2, 0.25) is 5.02 Å². The fraction of sp³-hybridized carbons (Fsp3) is 0.364. The average Bonchev–Trinajstić information content (AvgIpc) is 3.17. The summed E-state index contributed by atoms with van der Waals surface area (Å²) in [6.45, 7) is 0.944. The molecule has 0 N–H and O–H groups in total. The van der Waals surface area contributed by atoms with E-state index in [1.54, 1.807) is 24.3 Å². The van der Waals surface area contributed by atoms with Crippen molar-refractivity contribution in [1.82, 2.24) is 4.90 Å². The number of piperidine rings is 1. The Labute approximate surface area is 177 Å². The largest absolute Gasteiger partial charge is 0.292 e. The molecule has 0 saturated carbocycles. The van der Waals surface area contributed by atoms with E-state index in [0.29, 0.717) is 10.7 Å². The number of anilines is 1. The quantitative estimate of drug-likeness (QED) is 0.605. The number of amides is 2. The van der Waals surface area contributed by atoms with Crippen LogP contribution in [0.25, 0.3) is 0 Å². The second kappa shape index (κ2) is 6.97. The van der Waals surface area contributed by atoms with E-state index in [9.17, 15) is 9.59 Å². The fourth-order valence-corrected chi connectivity index (χ4v) is 5.66. The van der Waals surface area contributed by atoms with Crippen molar-refractivity contribution in [3.63, 3.8) is 0 Å². The number of carbonyl (C=O) groups excluding carboxylic acids is 2. The summed E-state index contributed by atoms with van der Waals surface area (Å²) < 4.78 is 1.01. The SMILES string of the molecule is O=C1[C@@H]2[C@H](C(=O)N1c1ccc(Cl)cc1)[C@H](c1ccc(Br)cc1)N1CCCC[C@@H]21. The summed E-state index contributed by atoms with van der Waals surface area (Å²) in [7, 11) is 0. The summed E-state index contributed by atoms with van der Waals surface area (Å²) >= 11 is 9.49. The number of imide groups is 1. The Kier molecular flexibility index (Phi) is 4.57. The van der Waals surface area contributed by atoms with Crippen LogP contribution in [-0.2, 0) is 9.59 Å². The Hall–Kier alpha value is -1.69. The molecule has 2 aromatic carbocycles. The molecule has 0 spiro atoms. The first-order valence-electron chi connectivity index (χ1n) is 9.71. The Morgan fingerprint density at radius 3 is 2.29 bits per heavy atom. The number of nitrogens with zero attached hydrogens (tertiary/aromatic N) is 2. The first kappa shape index (κ1) is 18.3. The number of hydrogen-bond acceptors (Lipinski definition) is 3. The number of carbonyl (C=O) groups is 2. The van der Waals surface area contributed by atoms with Gasteiger partial charge in [-0.25, -0.2) is 4.90 Å². The van der Waals surface area contributed by atoms with Gasteiger partial charge < -0.3 is 0 Å². The van der Waals surface area contributed by atoms with Crippen molar-refractivity contribution in [2.75, 3.05) is 11.4 Å². The summed E-state index contributed by atoms with van der Waals surface area (Å²) in [6.07, 6.45) is 3.20. The van der Waals surface area contributed by atoms with Crippen molar-refractivity contribution < 1.29 is 9.59 Å². The molecule has 3 aliphatic heterocycles. The van der Waals surface area contributed by atoms with Crippen molar-refractivity contribution in [1.29, 1.82) is 0 Å². The Balaban J connectivity index is 1.58. The summed E-state index contributed by atoms with van der Waals surface area (Å²) in [4.78, 5) is 30.7. The fourth-order valence-electron chi connectivity index (χ4n) is 5.27. The first-order valence-corrected chi connectivity index (χ1v) is 10.9. The van der Waals surface area contributed by atoms with E-state index in [0.717, 1.165) is 35.8 Å². The topological polar surface area (TPSA) is 40.6 Å². The van der Waals surface area contributed by atoms with Crippen molar-refractivity contribution in [2.24, 2.45) is 11.8 Å². The second-order valence-electron chi connectivity index (χ2n) is 7.84. The van der Waals surface area contributed by atoms with E-state index < -0.39 is 0 Å². The maximum absolute atomic E-state index is 13.5. The Bertz CT molecular complexity index is 931. The number of benzene rings is 2. The smallest absolute Gasteiger partial charge is 0.239 e. The highest BCUT2D eigenvalue weighted by Crippen LogP contribution is 2.53. The normalized spacial score (nSPS) is 29.9. The molecule has 4 nitrogen and oxygen atoms in total. The lowest BCUT2D eigenvalue weighted by molar-refractivity contribution is -0.124. The van der Waals surface area contributed by atoms with E-state index in [1.807, 2.05) is 12.1 Å². The number of halogens is 2. The van der Waals surface area contributed by atoms with Crippen LogP contribution in [0.15, 0.2) is 53.0 Å². The predicted octanol–water partition coefficient (Wildman–Crippen LogP) is 4.82. The number of hydrogen-bond donors (Lipinski definition) is 0. The van der Waals surface area contributed by atoms with E-state index in [2.05, 4.69) is 33.0 Å².